The molecule has 2 N–H and O–H groups in total. The second kappa shape index (κ2) is 8.65. The number of hydrogen-bond donors (Lipinski definition) is 2. The summed E-state index contributed by atoms with van der Waals surface area (Å²) in [5.41, 5.74) is 2.56. The molecule has 156 valence electrons. The predicted molar refractivity (Wildman–Crippen MR) is 117 cm³/mol. The van der Waals surface area contributed by atoms with Crippen LogP contribution in [-0.2, 0) is 10.2 Å². The number of urea groups is 1. The van der Waals surface area contributed by atoms with Crippen LogP contribution in [0.5, 0.6) is 0 Å². The van der Waals surface area contributed by atoms with Gasteiger partial charge in [0, 0.05) is 32.9 Å². The lowest BCUT2D eigenvalue weighted by Crippen LogP contribution is -2.37. The molecule has 0 radical (unpaired) electrons. The first-order valence-electron chi connectivity index (χ1n) is 9.79. The molecule has 3 rings (SSSR count). The van der Waals surface area contributed by atoms with Crippen molar-refractivity contribution in [1.29, 1.82) is 0 Å². The number of ether oxygens (including phenoxy) is 1. The second-order valence-electron chi connectivity index (χ2n) is 8.31. The Hall–Kier alpha value is -2.87. The third-order valence-corrected chi connectivity index (χ3v) is 4.73. The van der Waals surface area contributed by atoms with Crippen LogP contribution >= 0.6 is 0 Å². The molecule has 2 amide bonds. The molecule has 2 aromatic rings. The minimum Gasteiger partial charge on any atom is -0.378 e. The summed E-state index contributed by atoms with van der Waals surface area (Å²) >= 11 is 0. The number of benzene rings is 1. The van der Waals surface area contributed by atoms with Crippen LogP contribution in [0, 0.1) is 0 Å². The number of morpholine rings is 1. The van der Waals surface area contributed by atoms with E-state index in [1.807, 2.05) is 43.3 Å². The minimum atomic E-state index is -0.334. The highest BCUT2D eigenvalue weighted by molar-refractivity contribution is 6.01. The maximum absolute atomic E-state index is 12.5. The van der Waals surface area contributed by atoms with E-state index in [1.54, 1.807) is 6.20 Å². The molecule has 0 spiro atoms. The first-order valence-corrected chi connectivity index (χ1v) is 9.79. The average molecular weight is 399 g/mol. The van der Waals surface area contributed by atoms with Crippen LogP contribution in [-0.4, -0.2) is 56.4 Å². The third kappa shape index (κ3) is 5.35. The summed E-state index contributed by atoms with van der Waals surface area (Å²) < 4.78 is 5.38. The maximum Gasteiger partial charge on any atom is 0.323 e. The number of aromatic nitrogens is 2. The van der Waals surface area contributed by atoms with Crippen molar-refractivity contribution in [3.8, 4) is 0 Å². The van der Waals surface area contributed by atoms with Crippen LogP contribution in [0.3, 0.4) is 0 Å². The van der Waals surface area contributed by atoms with E-state index in [-0.39, 0.29) is 11.4 Å². The van der Waals surface area contributed by atoms with Crippen molar-refractivity contribution >= 4 is 29.2 Å². The van der Waals surface area contributed by atoms with Gasteiger partial charge >= 0.3 is 6.03 Å². The molecular formula is C21H30N6O2. The predicted octanol–water partition coefficient (Wildman–Crippen LogP) is 3.32. The van der Waals surface area contributed by atoms with Crippen LogP contribution in [0.15, 0.2) is 30.5 Å². The van der Waals surface area contributed by atoms with Gasteiger partial charge < -0.3 is 25.2 Å². The zero-order valence-corrected chi connectivity index (χ0v) is 17.8. The van der Waals surface area contributed by atoms with Gasteiger partial charge in [-0.05, 0) is 23.1 Å². The number of hydrogen-bond acceptors (Lipinski definition) is 6. The van der Waals surface area contributed by atoms with E-state index in [1.165, 1.54) is 5.56 Å². The largest absolute Gasteiger partial charge is 0.378 e. The Bertz CT molecular complexity index is 839. The van der Waals surface area contributed by atoms with E-state index in [9.17, 15) is 4.79 Å². The topological polar surface area (TPSA) is 82.6 Å². The molecule has 29 heavy (non-hydrogen) atoms. The van der Waals surface area contributed by atoms with Gasteiger partial charge in [0.05, 0.1) is 19.4 Å². The normalized spacial score (nSPS) is 14.4. The summed E-state index contributed by atoms with van der Waals surface area (Å²) in [5.74, 6) is 1.29. The number of nitrogens with one attached hydrogen (secondary N) is 2. The van der Waals surface area contributed by atoms with Gasteiger partial charge in [0.1, 0.15) is 5.69 Å². The van der Waals surface area contributed by atoms with Crippen molar-refractivity contribution in [2.24, 2.45) is 0 Å². The van der Waals surface area contributed by atoms with Crippen LogP contribution < -0.4 is 20.4 Å². The fourth-order valence-electron chi connectivity index (χ4n) is 3.05. The monoisotopic (exact) mass is 398 g/mol. The Morgan fingerprint density at radius 1 is 1.10 bits per heavy atom. The zero-order chi connectivity index (χ0) is 21.0. The Morgan fingerprint density at radius 3 is 2.34 bits per heavy atom. The van der Waals surface area contributed by atoms with E-state index < -0.39 is 0 Å². The van der Waals surface area contributed by atoms with Crippen molar-refractivity contribution in [3.05, 3.63) is 36.0 Å². The van der Waals surface area contributed by atoms with Gasteiger partial charge in [-0.25, -0.2) is 9.78 Å². The highest BCUT2D eigenvalue weighted by Gasteiger charge is 2.18. The molecule has 1 aromatic carbocycles. The number of anilines is 4. The van der Waals surface area contributed by atoms with Gasteiger partial charge in [0.25, 0.3) is 0 Å². The first-order chi connectivity index (χ1) is 13.7. The molecule has 1 fully saturated rings. The van der Waals surface area contributed by atoms with E-state index >= 15 is 0 Å². The summed E-state index contributed by atoms with van der Waals surface area (Å²) in [5, 5.41) is 5.72. The summed E-state index contributed by atoms with van der Waals surface area (Å²) in [4.78, 5) is 25.5. The average Bonchev–Trinajstić information content (AvgIpc) is 2.68. The molecule has 0 saturated carbocycles. The van der Waals surface area contributed by atoms with Crippen molar-refractivity contribution in [2.75, 3.05) is 60.8 Å². The van der Waals surface area contributed by atoms with Gasteiger partial charge in [-0.1, -0.05) is 32.9 Å². The number of amides is 2. The number of rotatable bonds is 4. The van der Waals surface area contributed by atoms with Crippen molar-refractivity contribution in [1.82, 2.24) is 9.97 Å². The first kappa shape index (κ1) is 20.9. The van der Waals surface area contributed by atoms with Crippen molar-refractivity contribution in [3.63, 3.8) is 0 Å². The highest BCUT2D eigenvalue weighted by atomic mass is 16.5. The SMILES string of the molecule is CN(C)c1nc(N2CCOCC2)ncc1NC(=O)Nc1ccc(C(C)(C)C)cc1. The Balaban J connectivity index is 1.70. The zero-order valence-electron chi connectivity index (χ0n) is 17.8. The number of nitrogens with zero attached hydrogens (tertiary/aromatic N) is 4. The lowest BCUT2D eigenvalue weighted by Gasteiger charge is -2.28. The van der Waals surface area contributed by atoms with E-state index in [0.29, 0.717) is 30.7 Å². The van der Waals surface area contributed by atoms with Crippen LogP contribution in [0.2, 0.25) is 0 Å². The maximum atomic E-state index is 12.5. The van der Waals surface area contributed by atoms with E-state index in [2.05, 4.69) is 46.3 Å². The van der Waals surface area contributed by atoms with E-state index in [4.69, 9.17) is 4.74 Å². The van der Waals surface area contributed by atoms with Gasteiger partial charge in [-0.2, -0.15) is 4.98 Å². The van der Waals surface area contributed by atoms with Crippen molar-refractivity contribution < 1.29 is 9.53 Å². The molecule has 0 unspecified atom stereocenters. The van der Waals surface area contributed by atoms with Crippen molar-refractivity contribution in [2.45, 2.75) is 26.2 Å². The number of carbonyl (C=O) groups excluding carboxylic acids is 1. The second-order valence-corrected chi connectivity index (χ2v) is 8.31. The fourth-order valence-corrected chi connectivity index (χ4v) is 3.05. The Morgan fingerprint density at radius 2 is 1.76 bits per heavy atom. The van der Waals surface area contributed by atoms with Crippen LogP contribution in [0.25, 0.3) is 0 Å². The van der Waals surface area contributed by atoms with Gasteiger partial charge in [-0.3, -0.25) is 0 Å². The van der Waals surface area contributed by atoms with Crippen LogP contribution in [0.4, 0.5) is 27.9 Å². The quantitative estimate of drug-likeness (QED) is 0.822. The van der Waals surface area contributed by atoms with Gasteiger partial charge in [0.2, 0.25) is 5.95 Å². The van der Waals surface area contributed by atoms with Crippen LogP contribution in [0.1, 0.15) is 26.3 Å². The minimum absolute atomic E-state index is 0.0704. The molecule has 8 heteroatoms. The molecule has 0 atom stereocenters. The molecule has 1 aromatic heterocycles. The summed E-state index contributed by atoms with van der Waals surface area (Å²) in [6.45, 7) is 9.31. The summed E-state index contributed by atoms with van der Waals surface area (Å²) in [6, 6.07) is 7.54. The molecule has 1 aliphatic rings. The van der Waals surface area contributed by atoms with Gasteiger partial charge in [0.15, 0.2) is 5.82 Å². The lowest BCUT2D eigenvalue weighted by molar-refractivity contribution is 0.122. The standard InChI is InChI=1S/C21H30N6O2/c1-21(2,3)15-6-8-16(9-7-15)23-20(28)24-17-14-22-19(25-18(17)26(4)5)27-10-12-29-13-11-27/h6-9,14H,10-13H2,1-5H3,(H2,23,24,28). The summed E-state index contributed by atoms with van der Waals surface area (Å²) in [6.07, 6.45) is 1.65. The highest BCUT2D eigenvalue weighted by Crippen LogP contribution is 2.25. The molecular weight excluding hydrogens is 368 g/mol. The smallest absolute Gasteiger partial charge is 0.323 e. The molecule has 0 aliphatic carbocycles. The van der Waals surface area contributed by atoms with E-state index in [0.717, 1.165) is 18.8 Å². The molecule has 1 saturated heterocycles. The number of carbonyl (C=O) groups is 1. The molecule has 2 heterocycles. The lowest BCUT2D eigenvalue weighted by atomic mass is 9.87. The molecule has 0 bridgehead atoms. The van der Waals surface area contributed by atoms with Gasteiger partial charge in [-0.15, -0.1) is 0 Å². The summed E-state index contributed by atoms with van der Waals surface area (Å²) in [7, 11) is 3.78. The molecule has 1 aliphatic heterocycles. The fraction of sp³-hybridized carbons (Fsp3) is 0.476. The molecule has 8 nitrogen and oxygen atoms in total. The Labute approximate surface area is 172 Å². The Kier molecular flexibility index (Phi) is 6.22. The third-order valence-electron chi connectivity index (χ3n) is 4.73.